The van der Waals surface area contributed by atoms with E-state index in [0.717, 1.165) is 44.2 Å². The topological polar surface area (TPSA) is 6.48 Å². The molecule has 2 nitrogen and oxygen atoms in total. The third-order valence-electron chi connectivity index (χ3n) is 7.26. The van der Waals surface area contributed by atoms with E-state index in [1.165, 1.54) is 53.6 Å². The van der Waals surface area contributed by atoms with E-state index < -0.39 is 0 Å². The number of hydrogen-bond acceptors (Lipinski definition) is 2. The van der Waals surface area contributed by atoms with Crippen LogP contribution in [0.1, 0.15) is 53.9 Å². The van der Waals surface area contributed by atoms with Gasteiger partial charge in [0.2, 0.25) is 0 Å². The molecule has 32 heavy (non-hydrogen) atoms. The summed E-state index contributed by atoms with van der Waals surface area (Å²) in [6.45, 7) is 5.53. The molecule has 0 atom stereocenters. The fraction of sp³-hybridized carbons (Fsp3) is 0.379. The summed E-state index contributed by atoms with van der Waals surface area (Å²) in [6, 6.07) is 26.3. The SMILES string of the molecule is Clc1ccc(N2CCCC2)c(Cc2ccccc2)c1CN1CCC(c2ccccc2)CC1. The van der Waals surface area contributed by atoms with Gasteiger partial charge in [0.15, 0.2) is 0 Å². The summed E-state index contributed by atoms with van der Waals surface area (Å²) >= 11 is 6.87. The molecule has 2 saturated heterocycles. The third kappa shape index (κ3) is 4.87. The quantitative estimate of drug-likeness (QED) is 0.407. The van der Waals surface area contributed by atoms with E-state index in [1.807, 2.05) is 0 Å². The maximum absolute atomic E-state index is 6.87. The van der Waals surface area contributed by atoms with Crippen LogP contribution in [0.4, 0.5) is 5.69 Å². The minimum Gasteiger partial charge on any atom is -0.371 e. The lowest BCUT2D eigenvalue weighted by Gasteiger charge is -2.33. The van der Waals surface area contributed by atoms with Crippen molar-refractivity contribution in [2.45, 2.75) is 44.6 Å². The maximum Gasteiger partial charge on any atom is 0.0455 e. The summed E-state index contributed by atoms with van der Waals surface area (Å²) in [4.78, 5) is 5.18. The highest BCUT2D eigenvalue weighted by Gasteiger charge is 2.24. The van der Waals surface area contributed by atoms with Crippen molar-refractivity contribution >= 4 is 17.3 Å². The molecule has 2 heterocycles. The van der Waals surface area contributed by atoms with Crippen molar-refractivity contribution < 1.29 is 0 Å². The van der Waals surface area contributed by atoms with Crippen LogP contribution in [0.3, 0.4) is 0 Å². The highest BCUT2D eigenvalue weighted by atomic mass is 35.5. The number of anilines is 1. The number of piperidine rings is 1. The second-order valence-corrected chi connectivity index (χ2v) is 9.75. The first-order valence-electron chi connectivity index (χ1n) is 12.1. The first-order valence-corrected chi connectivity index (χ1v) is 12.5. The number of rotatable bonds is 6. The highest BCUT2D eigenvalue weighted by molar-refractivity contribution is 6.31. The summed E-state index contributed by atoms with van der Waals surface area (Å²) < 4.78 is 0. The van der Waals surface area contributed by atoms with Crippen LogP contribution in [0.2, 0.25) is 5.02 Å². The summed E-state index contributed by atoms with van der Waals surface area (Å²) in [5, 5.41) is 0.920. The van der Waals surface area contributed by atoms with Crippen LogP contribution in [0.5, 0.6) is 0 Å². The molecule has 2 fully saturated rings. The summed E-state index contributed by atoms with van der Waals surface area (Å²) in [5.74, 6) is 0.683. The molecule has 2 aliphatic heterocycles. The number of benzene rings is 3. The van der Waals surface area contributed by atoms with Crippen LogP contribution in [0.15, 0.2) is 72.8 Å². The first kappa shape index (κ1) is 21.6. The number of hydrogen-bond donors (Lipinski definition) is 0. The molecule has 0 radical (unpaired) electrons. The molecular formula is C29H33ClN2. The Morgan fingerprint density at radius 1 is 0.719 bits per heavy atom. The molecule has 166 valence electrons. The molecular weight excluding hydrogens is 412 g/mol. The fourth-order valence-electron chi connectivity index (χ4n) is 5.45. The Hall–Kier alpha value is -2.29. The molecule has 0 bridgehead atoms. The maximum atomic E-state index is 6.87. The molecule has 3 aromatic carbocycles. The molecule has 2 aliphatic rings. The van der Waals surface area contributed by atoms with Gasteiger partial charge in [-0.15, -0.1) is 0 Å². The highest BCUT2D eigenvalue weighted by Crippen LogP contribution is 2.36. The van der Waals surface area contributed by atoms with Crippen LogP contribution < -0.4 is 4.90 Å². The van der Waals surface area contributed by atoms with Crippen molar-refractivity contribution in [1.82, 2.24) is 4.90 Å². The Morgan fingerprint density at radius 3 is 2.06 bits per heavy atom. The van der Waals surface area contributed by atoms with Gasteiger partial charge in [-0.05, 0) is 85.5 Å². The normalized spacial score (nSPS) is 17.7. The van der Waals surface area contributed by atoms with Gasteiger partial charge in [-0.3, -0.25) is 4.90 Å². The van der Waals surface area contributed by atoms with E-state index in [2.05, 4.69) is 82.6 Å². The van der Waals surface area contributed by atoms with Crippen LogP contribution in [-0.4, -0.2) is 31.1 Å². The second kappa shape index (κ2) is 10.1. The first-order chi connectivity index (χ1) is 15.8. The standard InChI is InChI=1S/C29H33ClN2/c30-28-13-14-29(32-17-7-8-18-32)26(21-23-9-3-1-4-10-23)27(28)22-31-19-15-25(16-20-31)24-11-5-2-6-12-24/h1-6,9-14,25H,7-8,15-22H2. The predicted molar refractivity (Wildman–Crippen MR) is 136 cm³/mol. The van der Waals surface area contributed by atoms with Gasteiger partial charge in [0.25, 0.3) is 0 Å². The zero-order chi connectivity index (χ0) is 21.8. The van der Waals surface area contributed by atoms with E-state index in [-0.39, 0.29) is 0 Å². The monoisotopic (exact) mass is 444 g/mol. The van der Waals surface area contributed by atoms with Crippen LogP contribution in [-0.2, 0) is 13.0 Å². The average molecular weight is 445 g/mol. The summed E-state index contributed by atoms with van der Waals surface area (Å²) in [6.07, 6.45) is 5.97. The molecule has 0 saturated carbocycles. The zero-order valence-corrected chi connectivity index (χ0v) is 19.6. The number of likely N-dealkylation sites (tertiary alicyclic amines) is 1. The van der Waals surface area contributed by atoms with Gasteiger partial charge in [0.05, 0.1) is 0 Å². The van der Waals surface area contributed by atoms with Gasteiger partial charge in [0, 0.05) is 30.3 Å². The van der Waals surface area contributed by atoms with Crippen molar-refractivity contribution in [3.8, 4) is 0 Å². The zero-order valence-electron chi connectivity index (χ0n) is 18.8. The van der Waals surface area contributed by atoms with Gasteiger partial charge < -0.3 is 4.90 Å². The summed E-state index contributed by atoms with van der Waals surface area (Å²) in [5.41, 5.74) is 7.00. The molecule has 5 rings (SSSR count). The van der Waals surface area contributed by atoms with E-state index >= 15 is 0 Å². The Balaban J connectivity index is 1.38. The molecule has 0 aromatic heterocycles. The van der Waals surface area contributed by atoms with E-state index in [1.54, 1.807) is 0 Å². The predicted octanol–water partition coefficient (Wildman–Crippen LogP) is 6.91. The van der Waals surface area contributed by atoms with Gasteiger partial charge in [-0.25, -0.2) is 0 Å². The van der Waals surface area contributed by atoms with Gasteiger partial charge in [-0.2, -0.15) is 0 Å². The Labute approximate surface area is 197 Å². The largest absolute Gasteiger partial charge is 0.371 e. The van der Waals surface area contributed by atoms with Gasteiger partial charge >= 0.3 is 0 Å². The van der Waals surface area contributed by atoms with Crippen molar-refractivity contribution in [2.24, 2.45) is 0 Å². The van der Waals surface area contributed by atoms with Crippen molar-refractivity contribution in [3.05, 3.63) is 100 Å². The van der Waals surface area contributed by atoms with Crippen molar-refractivity contribution in [1.29, 1.82) is 0 Å². The molecule has 3 aromatic rings. The summed E-state index contributed by atoms with van der Waals surface area (Å²) in [7, 11) is 0. The van der Waals surface area contributed by atoms with Crippen molar-refractivity contribution in [2.75, 3.05) is 31.1 Å². The Morgan fingerprint density at radius 2 is 1.38 bits per heavy atom. The molecule has 0 unspecified atom stereocenters. The van der Waals surface area contributed by atoms with Gasteiger partial charge in [0.1, 0.15) is 0 Å². The molecule has 0 aliphatic carbocycles. The lowest BCUT2D eigenvalue weighted by molar-refractivity contribution is 0.204. The van der Waals surface area contributed by atoms with Crippen LogP contribution in [0.25, 0.3) is 0 Å². The minimum absolute atomic E-state index is 0.683. The third-order valence-corrected chi connectivity index (χ3v) is 7.61. The smallest absolute Gasteiger partial charge is 0.0455 e. The number of halogens is 1. The van der Waals surface area contributed by atoms with E-state index in [4.69, 9.17) is 11.6 Å². The van der Waals surface area contributed by atoms with Gasteiger partial charge in [-0.1, -0.05) is 72.3 Å². The van der Waals surface area contributed by atoms with E-state index in [0.29, 0.717) is 5.92 Å². The molecule has 0 amide bonds. The fourth-order valence-corrected chi connectivity index (χ4v) is 5.68. The average Bonchev–Trinajstić information content (AvgIpc) is 3.38. The second-order valence-electron chi connectivity index (χ2n) is 9.34. The lowest BCUT2D eigenvalue weighted by atomic mass is 9.89. The van der Waals surface area contributed by atoms with Crippen LogP contribution in [0, 0.1) is 0 Å². The molecule has 3 heteroatoms. The van der Waals surface area contributed by atoms with E-state index in [9.17, 15) is 0 Å². The number of nitrogens with zero attached hydrogens (tertiary/aromatic N) is 2. The lowest BCUT2D eigenvalue weighted by Crippen LogP contribution is -2.33. The minimum atomic E-state index is 0.683. The van der Waals surface area contributed by atoms with Crippen molar-refractivity contribution in [3.63, 3.8) is 0 Å². The molecule has 0 N–H and O–H groups in total. The Bertz CT molecular complexity index is 1000. The van der Waals surface area contributed by atoms with Crippen LogP contribution >= 0.6 is 11.6 Å². The molecule has 0 spiro atoms. The Kier molecular flexibility index (Phi) is 6.80.